The first-order chi connectivity index (χ1) is 19.1. The van der Waals surface area contributed by atoms with Crippen molar-refractivity contribution in [2.45, 2.75) is 187 Å². The van der Waals surface area contributed by atoms with Crippen molar-refractivity contribution in [1.29, 1.82) is 0 Å². The summed E-state index contributed by atoms with van der Waals surface area (Å²) in [6.45, 7) is 33.3. The fourth-order valence-electron chi connectivity index (χ4n) is 11.5. The molecule has 0 radical (unpaired) electrons. The molecular formula is C40H78. The molecule has 6 saturated carbocycles. The highest BCUT2D eigenvalue weighted by Gasteiger charge is 2.97. The van der Waals surface area contributed by atoms with Crippen molar-refractivity contribution in [1.82, 2.24) is 0 Å². The van der Waals surface area contributed by atoms with Crippen LogP contribution in [0, 0.1) is 69.0 Å². The number of rotatable bonds is 17. The molecule has 0 heterocycles. The van der Waals surface area contributed by atoms with Crippen LogP contribution in [-0.4, -0.2) is 0 Å². The molecule has 6 rings (SSSR count). The largest absolute Gasteiger partial charge is 0.0683 e. The number of unbranched alkanes of at least 4 members (excludes halogenated alkanes) is 5. The normalized spacial score (nSPS) is 35.2. The van der Waals surface area contributed by atoms with E-state index in [0.29, 0.717) is 21.7 Å². The molecule has 0 heteroatoms. The highest BCUT2D eigenvalue weighted by Crippen LogP contribution is 3.00. The van der Waals surface area contributed by atoms with E-state index in [1.54, 1.807) is 0 Å². The van der Waals surface area contributed by atoms with Crippen molar-refractivity contribution in [3.63, 3.8) is 0 Å². The highest BCUT2D eigenvalue weighted by molar-refractivity contribution is 5.44. The zero-order valence-corrected chi connectivity index (χ0v) is 30.5. The summed E-state index contributed by atoms with van der Waals surface area (Å²) in [6.07, 6.45) is 19.1. The second-order valence-electron chi connectivity index (χ2n) is 15.8. The Labute approximate surface area is 255 Å². The zero-order chi connectivity index (χ0) is 30.5. The van der Waals surface area contributed by atoms with E-state index in [0.717, 1.165) is 0 Å². The summed E-state index contributed by atoms with van der Waals surface area (Å²) in [6, 6.07) is 0. The average Bonchev–Trinajstić information content (AvgIpc) is 3.00. The molecule has 0 aromatic rings. The van der Waals surface area contributed by atoms with E-state index >= 15 is 0 Å². The molecule has 0 saturated heterocycles. The first-order valence-electron chi connectivity index (χ1n) is 19.1. The van der Waals surface area contributed by atoms with Crippen LogP contribution in [0.1, 0.15) is 187 Å². The minimum atomic E-state index is 0.386. The average molecular weight is 559 g/mol. The van der Waals surface area contributed by atoms with Gasteiger partial charge in [-0.15, -0.1) is 0 Å². The number of hydrogen-bond acceptors (Lipinski definition) is 0. The van der Waals surface area contributed by atoms with Crippen LogP contribution in [0.25, 0.3) is 0 Å². The van der Waals surface area contributed by atoms with Crippen LogP contribution in [0.15, 0.2) is 0 Å². The summed E-state index contributed by atoms with van der Waals surface area (Å²) in [4.78, 5) is 0. The topological polar surface area (TPSA) is 0 Å². The van der Waals surface area contributed by atoms with Crippen molar-refractivity contribution in [3.05, 3.63) is 0 Å². The molecule has 6 aliphatic carbocycles. The molecule has 6 fully saturated rings. The van der Waals surface area contributed by atoms with Crippen molar-refractivity contribution < 1.29 is 0 Å². The van der Waals surface area contributed by atoms with Crippen molar-refractivity contribution >= 4 is 0 Å². The van der Waals surface area contributed by atoms with Gasteiger partial charge >= 0.3 is 0 Å². The van der Waals surface area contributed by atoms with E-state index in [1.165, 1.54) is 137 Å². The van der Waals surface area contributed by atoms with E-state index < -0.39 is 0 Å². The van der Waals surface area contributed by atoms with Gasteiger partial charge in [-0.3, -0.25) is 0 Å². The van der Waals surface area contributed by atoms with Crippen molar-refractivity contribution in [2.75, 3.05) is 0 Å². The van der Waals surface area contributed by atoms with Gasteiger partial charge in [-0.1, -0.05) is 161 Å². The smallest absolute Gasteiger partial charge is 0.0213 e. The van der Waals surface area contributed by atoms with E-state index in [9.17, 15) is 0 Å². The molecule has 0 N–H and O–H groups in total. The third-order valence-electron chi connectivity index (χ3n) is 14.7. The van der Waals surface area contributed by atoms with Crippen molar-refractivity contribution in [2.24, 2.45) is 69.0 Å². The second-order valence-corrected chi connectivity index (χ2v) is 15.8. The standard InChI is InChI=1S/C28H58.C8H8.2C2H6/c1-11-16-20-21-25(6,7)27(9,23-18-13-3)28(10,24-19-14-4)26(8,15-5)22-17-12-2;1-2-5-3(1)7-4(1)6(2)8(5)7;2*1-2/h11-24H2,1-10H3;1-8H;2*1-2H3. The minimum Gasteiger partial charge on any atom is -0.0683 e. The van der Waals surface area contributed by atoms with E-state index in [1.807, 2.05) is 27.7 Å². The van der Waals surface area contributed by atoms with Gasteiger partial charge < -0.3 is 0 Å². The first kappa shape index (κ1) is 36.2. The van der Waals surface area contributed by atoms with E-state index in [4.69, 9.17) is 0 Å². The molecule has 0 aromatic carbocycles. The van der Waals surface area contributed by atoms with Gasteiger partial charge in [-0.25, -0.2) is 0 Å². The summed E-state index contributed by atoms with van der Waals surface area (Å²) in [5.74, 6) is 10.7. The summed E-state index contributed by atoms with van der Waals surface area (Å²) in [5, 5.41) is 0. The van der Waals surface area contributed by atoms with Gasteiger partial charge in [-0.05, 0) is 94.7 Å². The van der Waals surface area contributed by atoms with Crippen LogP contribution in [0.3, 0.4) is 0 Å². The molecule has 3 unspecified atom stereocenters. The van der Waals surface area contributed by atoms with Crippen LogP contribution >= 0.6 is 0 Å². The lowest BCUT2D eigenvalue weighted by Crippen LogP contribution is -3.00. The molecule has 238 valence electrons. The van der Waals surface area contributed by atoms with Gasteiger partial charge in [0.2, 0.25) is 0 Å². The Kier molecular flexibility index (Phi) is 13.3. The molecular weight excluding hydrogens is 480 g/mol. The van der Waals surface area contributed by atoms with Gasteiger partial charge in [0.05, 0.1) is 0 Å². The van der Waals surface area contributed by atoms with Gasteiger partial charge in [0, 0.05) is 0 Å². The van der Waals surface area contributed by atoms with Crippen molar-refractivity contribution in [3.8, 4) is 0 Å². The Morgan fingerprint density at radius 2 is 0.700 bits per heavy atom. The van der Waals surface area contributed by atoms with Crippen LogP contribution in [-0.2, 0) is 0 Å². The predicted molar refractivity (Wildman–Crippen MR) is 182 cm³/mol. The summed E-state index contributed by atoms with van der Waals surface area (Å²) in [5.41, 5.74) is 1.60. The van der Waals surface area contributed by atoms with Crippen LogP contribution < -0.4 is 0 Å². The van der Waals surface area contributed by atoms with Gasteiger partial charge in [0.15, 0.2) is 0 Å². The molecule has 0 amide bonds. The predicted octanol–water partition coefficient (Wildman–Crippen LogP) is 13.6. The maximum atomic E-state index is 2.72. The van der Waals surface area contributed by atoms with Gasteiger partial charge in [0.25, 0.3) is 0 Å². The Morgan fingerprint density at radius 1 is 0.375 bits per heavy atom. The SMILES string of the molecule is C12C3C4C1C1C2C3C41.CC.CC.CCCCCC(C)(C)C(C)(CCCC)C(C)(CCCC)C(C)(CC)CCCC. The Bertz CT molecular complexity index is 624. The lowest BCUT2D eigenvalue weighted by molar-refractivity contribution is -0.565. The van der Waals surface area contributed by atoms with Gasteiger partial charge in [-0.2, -0.15) is 0 Å². The fraction of sp³-hybridized carbons (Fsp3) is 1.00. The summed E-state index contributed by atoms with van der Waals surface area (Å²) in [7, 11) is 0. The lowest BCUT2D eigenvalue weighted by Gasteiger charge is -3.03. The molecule has 0 aliphatic heterocycles. The molecule has 3 atom stereocenters. The van der Waals surface area contributed by atoms with Crippen LogP contribution in [0.2, 0.25) is 0 Å². The number of hydrogen-bond donors (Lipinski definition) is 0. The Balaban J connectivity index is 0.000000366. The van der Waals surface area contributed by atoms with Crippen LogP contribution in [0.5, 0.6) is 0 Å². The summed E-state index contributed by atoms with van der Waals surface area (Å²) >= 11 is 0. The van der Waals surface area contributed by atoms with E-state index in [2.05, 4.69) is 69.2 Å². The maximum Gasteiger partial charge on any atom is -0.0213 e. The highest BCUT2D eigenvalue weighted by atomic mass is 15.0. The minimum absolute atomic E-state index is 0.386. The quantitative estimate of drug-likeness (QED) is 0.156. The molecule has 0 spiro atoms. The molecule has 6 aliphatic rings. The monoisotopic (exact) mass is 559 g/mol. The van der Waals surface area contributed by atoms with Gasteiger partial charge in [0.1, 0.15) is 0 Å². The fourth-order valence-corrected chi connectivity index (χ4v) is 11.5. The Morgan fingerprint density at radius 3 is 1.02 bits per heavy atom. The zero-order valence-electron chi connectivity index (χ0n) is 30.5. The third-order valence-corrected chi connectivity index (χ3v) is 14.7. The molecule has 0 aromatic heterocycles. The lowest BCUT2D eigenvalue weighted by atomic mass is 9.01. The summed E-state index contributed by atoms with van der Waals surface area (Å²) < 4.78 is 0. The van der Waals surface area contributed by atoms with Crippen LogP contribution in [0.4, 0.5) is 0 Å². The molecule has 0 bridgehead atoms. The first-order valence-corrected chi connectivity index (χ1v) is 19.1. The second kappa shape index (κ2) is 14.7. The maximum absolute atomic E-state index is 2.72. The molecule has 0 nitrogen and oxygen atoms in total. The van der Waals surface area contributed by atoms with E-state index in [-0.39, 0.29) is 0 Å². The molecule has 40 heavy (non-hydrogen) atoms. The third kappa shape index (κ3) is 5.31. The Hall–Kier alpha value is 0.